The van der Waals surface area contributed by atoms with Gasteiger partial charge in [-0.25, -0.2) is 0 Å². The van der Waals surface area contributed by atoms with Crippen LogP contribution in [0.25, 0.3) is 0 Å². The number of nitrogens with zero attached hydrogens (tertiary/aromatic N) is 2. The monoisotopic (exact) mass is 742 g/mol. The standard InChI is InChI=1S/C36H28N2O2P2Se2/c43-41(33-13-5-1-6-14-33,34-15-7-2-8-16-34)39-31-25-21-29(22-26-31)37-38-30-23-27-32(28-24-30)40-42(44,35-17-9-3-10-18-35)36-19-11-4-12-20-36/h1-28H. The maximum atomic E-state index is 6.68. The molecule has 6 aromatic rings. The van der Waals surface area contributed by atoms with Crippen molar-refractivity contribution in [2.24, 2.45) is 10.2 Å². The van der Waals surface area contributed by atoms with E-state index in [2.05, 4.69) is 89.0 Å². The number of hydrogen-bond donors (Lipinski definition) is 0. The Kier molecular flexibility index (Phi) is 9.70. The second-order valence-electron chi connectivity index (χ2n) is 9.82. The molecule has 0 saturated carbocycles. The van der Waals surface area contributed by atoms with Crippen molar-refractivity contribution >= 4 is 74.3 Å². The predicted molar refractivity (Wildman–Crippen MR) is 188 cm³/mol. The normalized spacial score (nSPS) is 11.7. The molecule has 0 aliphatic heterocycles. The van der Waals surface area contributed by atoms with Gasteiger partial charge in [0.2, 0.25) is 0 Å². The van der Waals surface area contributed by atoms with E-state index in [4.69, 9.17) is 9.05 Å². The third-order valence-electron chi connectivity index (χ3n) is 6.81. The Labute approximate surface area is 273 Å². The zero-order valence-corrected chi connectivity index (χ0v) is 28.8. The predicted octanol–water partition coefficient (Wildman–Crippen LogP) is 8.19. The van der Waals surface area contributed by atoms with Gasteiger partial charge in [0.05, 0.1) is 0 Å². The molecule has 6 aromatic carbocycles. The van der Waals surface area contributed by atoms with E-state index in [1.54, 1.807) is 0 Å². The van der Waals surface area contributed by atoms with Gasteiger partial charge in [-0.2, -0.15) is 0 Å². The number of rotatable bonds is 10. The summed E-state index contributed by atoms with van der Waals surface area (Å²) in [4.78, 5) is 0. The first-order valence-electron chi connectivity index (χ1n) is 14.0. The zero-order chi connectivity index (χ0) is 30.2. The van der Waals surface area contributed by atoms with Crippen molar-refractivity contribution in [2.45, 2.75) is 0 Å². The average Bonchev–Trinajstić information content (AvgIpc) is 3.10. The van der Waals surface area contributed by atoms with Crippen molar-refractivity contribution in [2.75, 3.05) is 0 Å². The van der Waals surface area contributed by atoms with Crippen molar-refractivity contribution in [3.63, 3.8) is 0 Å². The Hall–Kier alpha value is -3.58. The number of azo groups is 1. The molecule has 0 aliphatic carbocycles. The summed E-state index contributed by atoms with van der Waals surface area (Å²) in [6, 6.07) is 56.8. The van der Waals surface area contributed by atoms with E-state index < -0.39 is 11.5 Å². The van der Waals surface area contributed by atoms with Crippen LogP contribution in [0.4, 0.5) is 11.4 Å². The Balaban J connectivity index is 1.17. The van der Waals surface area contributed by atoms with Gasteiger partial charge >= 0.3 is 275 Å². The quantitative estimate of drug-likeness (QED) is 0.0808. The molecule has 0 bridgehead atoms. The molecular weight excluding hydrogens is 712 g/mol. The van der Waals surface area contributed by atoms with Crippen LogP contribution in [0.5, 0.6) is 11.5 Å². The van der Waals surface area contributed by atoms with Gasteiger partial charge in [-0.05, 0) is 0 Å². The molecule has 216 valence electrons. The second kappa shape index (κ2) is 14.0. The first-order valence-corrected chi connectivity index (χ1v) is 21.8. The molecule has 0 amide bonds. The van der Waals surface area contributed by atoms with Crippen molar-refractivity contribution in [3.05, 3.63) is 170 Å². The Morgan fingerprint density at radius 2 is 0.591 bits per heavy atom. The summed E-state index contributed by atoms with van der Waals surface area (Å²) in [6.07, 6.45) is 0. The van der Waals surface area contributed by atoms with Crippen molar-refractivity contribution in [3.8, 4) is 11.5 Å². The van der Waals surface area contributed by atoms with Crippen LogP contribution in [-0.4, -0.2) is 30.2 Å². The summed E-state index contributed by atoms with van der Waals surface area (Å²) in [7, 11) is 0. The van der Waals surface area contributed by atoms with Crippen LogP contribution in [0.2, 0.25) is 0 Å². The minimum atomic E-state index is -2.22. The molecule has 6 rings (SSSR count). The van der Waals surface area contributed by atoms with Gasteiger partial charge in [0.25, 0.3) is 0 Å². The molecule has 0 atom stereocenters. The third-order valence-corrected chi connectivity index (χ3v) is 17.9. The average molecular weight is 741 g/mol. The maximum absolute atomic E-state index is 6.68. The number of benzene rings is 6. The van der Waals surface area contributed by atoms with E-state index in [1.165, 1.54) is 0 Å². The molecular formula is C36H28N2O2P2Se2. The van der Waals surface area contributed by atoms with Crippen molar-refractivity contribution < 1.29 is 9.05 Å². The molecule has 0 radical (unpaired) electrons. The molecule has 0 saturated heterocycles. The molecule has 0 aliphatic rings. The van der Waals surface area contributed by atoms with Crippen LogP contribution >= 0.6 is 11.5 Å². The summed E-state index contributed by atoms with van der Waals surface area (Å²) in [5.41, 5.74) is -2.97. The van der Waals surface area contributed by atoms with Gasteiger partial charge in [-0.1, -0.05) is 0 Å². The summed E-state index contributed by atoms with van der Waals surface area (Å²) >= 11 is 6.81. The van der Waals surface area contributed by atoms with Crippen LogP contribution in [0.15, 0.2) is 180 Å². The fourth-order valence-corrected chi connectivity index (χ4v) is 12.8. The van der Waals surface area contributed by atoms with Gasteiger partial charge in [0.1, 0.15) is 0 Å². The van der Waals surface area contributed by atoms with E-state index >= 15 is 0 Å². The summed E-state index contributed by atoms with van der Waals surface area (Å²) in [5.74, 6) is 1.54. The first-order chi connectivity index (χ1) is 21.5. The van der Waals surface area contributed by atoms with Gasteiger partial charge in [0, 0.05) is 0 Å². The van der Waals surface area contributed by atoms with Crippen LogP contribution in [-0.2, 0) is 0 Å². The molecule has 44 heavy (non-hydrogen) atoms. The topological polar surface area (TPSA) is 43.2 Å². The van der Waals surface area contributed by atoms with E-state index in [1.807, 2.05) is 121 Å². The van der Waals surface area contributed by atoms with Gasteiger partial charge < -0.3 is 0 Å². The Morgan fingerprint density at radius 3 is 0.841 bits per heavy atom. The molecule has 0 heterocycles. The van der Waals surface area contributed by atoms with E-state index in [0.717, 1.165) is 44.1 Å². The molecule has 4 nitrogen and oxygen atoms in total. The summed E-state index contributed by atoms with van der Waals surface area (Å²) < 4.78 is 13.4. The number of hydrogen-bond acceptors (Lipinski definition) is 4. The van der Waals surface area contributed by atoms with E-state index in [0.29, 0.717) is 0 Å². The Bertz CT molecular complexity index is 1710. The fourth-order valence-electron chi connectivity index (χ4n) is 4.57. The molecule has 8 heteroatoms. The third kappa shape index (κ3) is 7.04. The second-order valence-corrected chi connectivity index (χ2v) is 20.9. The summed E-state index contributed by atoms with van der Waals surface area (Å²) in [5, 5.41) is 13.5. The van der Waals surface area contributed by atoms with Gasteiger partial charge in [0.15, 0.2) is 0 Å². The summed E-state index contributed by atoms with van der Waals surface area (Å²) in [6.45, 7) is 0. The SMILES string of the molecule is [Se]=P(Oc1ccc(N=Nc2ccc(OP(=[Se])(c3ccccc3)c3ccccc3)cc2)cc1)(c1ccccc1)c1ccccc1. The Morgan fingerprint density at radius 1 is 0.341 bits per heavy atom. The first kappa shape index (κ1) is 30.4. The molecule has 0 spiro atoms. The van der Waals surface area contributed by atoms with Crippen LogP contribution in [0, 0.1) is 0 Å². The van der Waals surface area contributed by atoms with Crippen molar-refractivity contribution in [1.82, 2.24) is 0 Å². The zero-order valence-electron chi connectivity index (χ0n) is 23.6. The van der Waals surface area contributed by atoms with Crippen LogP contribution < -0.4 is 30.3 Å². The molecule has 0 unspecified atom stereocenters. The molecule has 0 N–H and O–H groups in total. The molecule has 0 aromatic heterocycles. The van der Waals surface area contributed by atoms with Crippen molar-refractivity contribution in [1.29, 1.82) is 0 Å². The van der Waals surface area contributed by atoms with Gasteiger partial charge in [-0.3, -0.25) is 0 Å². The molecule has 0 fully saturated rings. The van der Waals surface area contributed by atoms with Gasteiger partial charge in [-0.15, -0.1) is 0 Å². The van der Waals surface area contributed by atoms with Crippen LogP contribution in [0.3, 0.4) is 0 Å². The fraction of sp³-hybridized carbons (Fsp3) is 0. The van der Waals surface area contributed by atoms with Crippen LogP contribution in [0.1, 0.15) is 0 Å². The van der Waals surface area contributed by atoms with E-state index in [-0.39, 0.29) is 0 Å². The minimum absolute atomic E-state index is 0.738. The van der Waals surface area contributed by atoms with E-state index in [9.17, 15) is 0 Å².